The van der Waals surface area contributed by atoms with Gasteiger partial charge >= 0.3 is 11.7 Å². The molecule has 10 nitrogen and oxygen atoms in total. The van der Waals surface area contributed by atoms with Gasteiger partial charge in [-0.1, -0.05) is 12.1 Å². The summed E-state index contributed by atoms with van der Waals surface area (Å²) in [6, 6.07) is 7.16. The van der Waals surface area contributed by atoms with Gasteiger partial charge in [0.1, 0.15) is 12.4 Å². The lowest BCUT2D eigenvalue weighted by atomic mass is 10.2. The Bertz CT molecular complexity index is 743. The van der Waals surface area contributed by atoms with Crippen LogP contribution in [-0.4, -0.2) is 57.5 Å². The zero-order valence-corrected chi connectivity index (χ0v) is 14.6. The molecule has 0 bridgehead atoms. The van der Waals surface area contributed by atoms with Crippen LogP contribution in [0.25, 0.3) is 0 Å². The lowest BCUT2D eigenvalue weighted by Gasteiger charge is -2.13. The third-order valence-electron chi connectivity index (χ3n) is 3.55. The molecule has 1 aromatic heterocycles. The number of anilines is 1. The van der Waals surface area contributed by atoms with Crippen molar-refractivity contribution in [1.82, 2.24) is 20.0 Å². The second kappa shape index (κ2) is 8.92. The fraction of sp³-hybridized carbons (Fsp3) is 0.375. The van der Waals surface area contributed by atoms with Crippen molar-refractivity contribution in [1.29, 1.82) is 0 Å². The van der Waals surface area contributed by atoms with Crippen molar-refractivity contribution in [3.8, 4) is 0 Å². The normalized spacial score (nSPS) is 11.8. The molecule has 0 saturated heterocycles. The maximum absolute atomic E-state index is 11.6. The average Bonchev–Trinajstić information content (AvgIpc) is 3.05. The van der Waals surface area contributed by atoms with E-state index in [-0.39, 0.29) is 18.3 Å². The molecule has 0 aliphatic heterocycles. The summed E-state index contributed by atoms with van der Waals surface area (Å²) in [5.74, 6) is 0. The van der Waals surface area contributed by atoms with Crippen molar-refractivity contribution in [2.24, 2.45) is 0 Å². The van der Waals surface area contributed by atoms with E-state index in [0.29, 0.717) is 18.8 Å². The second-order valence-corrected chi connectivity index (χ2v) is 5.98. The Labute approximate surface area is 150 Å². The zero-order chi connectivity index (χ0) is 19.1. The Balaban J connectivity index is 1.74. The molecule has 0 aliphatic carbocycles. The van der Waals surface area contributed by atoms with E-state index >= 15 is 0 Å². The Morgan fingerprint density at radius 3 is 2.65 bits per heavy atom. The first kappa shape index (κ1) is 19.3. The van der Waals surface area contributed by atoms with E-state index in [1.165, 1.54) is 15.8 Å². The summed E-state index contributed by atoms with van der Waals surface area (Å²) in [5.41, 5.74) is 1.59. The Hall–Kier alpha value is -2.98. The molecule has 140 valence electrons. The van der Waals surface area contributed by atoms with Gasteiger partial charge in [-0.2, -0.15) is 5.10 Å². The van der Waals surface area contributed by atoms with Gasteiger partial charge in [0.15, 0.2) is 0 Å². The monoisotopic (exact) mass is 362 g/mol. The highest BCUT2D eigenvalue weighted by Gasteiger charge is 2.11. The standard InChI is InChI=1S/C16H22N6O4/c1-20(2)16(24)19-13-5-3-12(4-6-13)7-17-9-15(23)11-21-10-14(8-18-21)22(25)26/h3-6,8,10,15,17,23H,7,9,11H2,1-2H3,(H,19,24). The van der Waals surface area contributed by atoms with Crippen molar-refractivity contribution in [3.63, 3.8) is 0 Å². The van der Waals surface area contributed by atoms with Crippen molar-refractivity contribution in [2.75, 3.05) is 26.0 Å². The van der Waals surface area contributed by atoms with E-state index in [1.54, 1.807) is 26.2 Å². The molecule has 10 heteroatoms. The van der Waals surface area contributed by atoms with Crippen LogP contribution in [-0.2, 0) is 13.1 Å². The molecule has 1 unspecified atom stereocenters. The summed E-state index contributed by atoms with van der Waals surface area (Å²) in [6.45, 7) is 1.02. The van der Waals surface area contributed by atoms with Gasteiger partial charge in [0.05, 0.1) is 17.6 Å². The largest absolute Gasteiger partial charge is 0.390 e. The summed E-state index contributed by atoms with van der Waals surface area (Å²) in [7, 11) is 3.33. The molecule has 1 heterocycles. The number of aliphatic hydroxyl groups is 1. The molecule has 3 N–H and O–H groups in total. The van der Waals surface area contributed by atoms with Gasteiger partial charge in [0.2, 0.25) is 0 Å². The number of nitro groups is 1. The first-order valence-electron chi connectivity index (χ1n) is 7.98. The summed E-state index contributed by atoms with van der Waals surface area (Å²) < 4.78 is 1.34. The number of hydrogen-bond donors (Lipinski definition) is 3. The summed E-state index contributed by atoms with van der Waals surface area (Å²) >= 11 is 0. The fourth-order valence-corrected chi connectivity index (χ4v) is 2.15. The summed E-state index contributed by atoms with van der Waals surface area (Å²) in [5, 5.41) is 30.3. The minimum atomic E-state index is -0.729. The number of aliphatic hydroxyl groups excluding tert-OH is 1. The number of nitrogens with zero attached hydrogens (tertiary/aromatic N) is 4. The summed E-state index contributed by atoms with van der Waals surface area (Å²) in [4.78, 5) is 23.1. The van der Waals surface area contributed by atoms with Gasteiger partial charge in [-0.15, -0.1) is 0 Å². The maximum atomic E-state index is 11.6. The number of benzene rings is 1. The Morgan fingerprint density at radius 1 is 1.38 bits per heavy atom. The molecule has 0 saturated carbocycles. The number of amides is 2. The topological polar surface area (TPSA) is 126 Å². The van der Waals surface area contributed by atoms with Crippen LogP contribution in [0.3, 0.4) is 0 Å². The van der Waals surface area contributed by atoms with Crippen LogP contribution in [0.1, 0.15) is 5.56 Å². The maximum Gasteiger partial charge on any atom is 0.321 e. The van der Waals surface area contributed by atoms with Crippen LogP contribution in [0.15, 0.2) is 36.7 Å². The van der Waals surface area contributed by atoms with E-state index < -0.39 is 11.0 Å². The highest BCUT2D eigenvalue weighted by Crippen LogP contribution is 2.10. The van der Waals surface area contributed by atoms with E-state index in [1.807, 2.05) is 12.1 Å². The van der Waals surface area contributed by atoms with E-state index in [0.717, 1.165) is 11.8 Å². The number of nitrogens with one attached hydrogen (secondary N) is 2. The fourth-order valence-electron chi connectivity index (χ4n) is 2.15. The molecule has 0 radical (unpaired) electrons. The van der Waals surface area contributed by atoms with Crippen molar-refractivity contribution < 1.29 is 14.8 Å². The molecule has 0 spiro atoms. The predicted octanol–water partition coefficient (Wildman–Crippen LogP) is 1.04. The highest BCUT2D eigenvalue weighted by molar-refractivity contribution is 5.88. The third-order valence-corrected chi connectivity index (χ3v) is 3.55. The highest BCUT2D eigenvalue weighted by atomic mass is 16.6. The molecular formula is C16H22N6O4. The van der Waals surface area contributed by atoms with Crippen molar-refractivity contribution in [3.05, 3.63) is 52.3 Å². The van der Waals surface area contributed by atoms with Crippen LogP contribution < -0.4 is 10.6 Å². The minimum absolute atomic E-state index is 0.105. The molecule has 1 aromatic carbocycles. The third kappa shape index (κ3) is 5.83. The molecule has 0 aliphatic rings. The Kier molecular flexibility index (Phi) is 6.64. The van der Waals surface area contributed by atoms with E-state index in [9.17, 15) is 20.0 Å². The van der Waals surface area contributed by atoms with Crippen LogP contribution in [0.2, 0.25) is 0 Å². The smallest absolute Gasteiger partial charge is 0.321 e. The van der Waals surface area contributed by atoms with Gasteiger partial charge in [-0.05, 0) is 17.7 Å². The van der Waals surface area contributed by atoms with Gasteiger partial charge < -0.3 is 20.6 Å². The molecule has 2 amide bonds. The molecule has 26 heavy (non-hydrogen) atoms. The van der Waals surface area contributed by atoms with Crippen LogP contribution in [0.4, 0.5) is 16.2 Å². The number of urea groups is 1. The SMILES string of the molecule is CN(C)C(=O)Nc1ccc(CNCC(O)Cn2cc([N+](=O)[O-])cn2)cc1. The zero-order valence-electron chi connectivity index (χ0n) is 14.6. The summed E-state index contributed by atoms with van der Waals surface area (Å²) in [6.07, 6.45) is 1.70. The first-order valence-corrected chi connectivity index (χ1v) is 7.98. The number of aromatic nitrogens is 2. The van der Waals surface area contributed by atoms with Crippen molar-refractivity contribution in [2.45, 2.75) is 19.2 Å². The van der Waals surface area contributed by atoms with Crippen LogP contribution in [0.5, 0.6) is 0 Å². The molecule has 2 rings (SSSR count). The van der Waals surface area contributed by atoms with Gasteiger partial charge in [-0.25, -0.2) is 4.79 Å². The Morgan fingerprint density at radius 2 is 2.08 bits per heavy atom. The first-order chi connectivity index (χ1) is 12.3. The quantitative estimate of drug-likeness (QED) is 0.476. The lowest BCUT2D eigenvalue weighted by molar-refractivity contribution is -0.385. The van der Waals surface area contributed by atoms with E-state index in [2.05, 4.69) is 15.7 Å². The molecule has 2 aromatic rings. The van der Waals surface area contributed by atoms with Gasteiger partial charge in [0, 0.05) is 32.9 Å². The molecular weight excluding hydrogens is 340 g/mol. The molecule has 0 fully saturated rings. The number of rotatable bonds is 8. The second-order valence-electron chi connectivity index (χ2n) is 5.98. The van der Waals surface area contributed by atoms with Gasteiger partial charge in [0.25, 0.3) is 0 Å². The van der Waals surface area contributed by atoms with Gasteiger partial charge in [-0.3, -0.25) is 14.8 Å². The number of carbonyl (C=O) groups excluding carboxylic acids is 1. The number of carbonyl (C=O) groups is 1. The van der Waals surface area contributed by atoms with E-state index in [4.69, 9.17) is 0 Å². The molecule has 1 atom stereocenters. The van der Waals surface area contributed by atoms with Crippen molar-refractivity contribution >= 4 is 17.4 Å². The average molecular weight is 362 g/mol. The predicted molar refractivity (Wildman–Crippen MR) is 95.7 cm³/mol. The minimum Gasteiger partial charge on any atom is -0.390 e. The van der Waals surface area contributed by atoms with Crippen LogP contribution >= 0.6 is 0 Å². The lowest BCUT2D eigenvalue weighted by Crippen LogP contribution is -2.30. The van der Waals surface area contributed by atoms with Crippen LogP contribution in [0, 0.1) is 10.1 Å². The number of hydrogen-bond acceptors (Lipinski definition) is 6.